The first-order chi connectivity index (χ1) is 8.75. The van der Waals surface area contributed by atoms with Gasteiger partial charge >= 0.3 is 0 Å². The summed E-state index contributed by atoms with van der Waals surface area (Å²) in [4.78, 5) is 8.80. The van der Waals surface area contributed by atoms with Crippen LogP contribution >= 0.6 is 0 Å². The number of tetrazole rings is 2. The minimum absolute atomic E-state index is 0.338. The second-order valence-corrected chi connectivity index (χ2v) is 3.56. The Labute approximate surface area is 100 Å². The number of aromatic amines is 2. The second-order valence-electron chi connectivity index (χ2n) is 3.56. The Hall–Kier alpha value is -2.78. The number of aromatic nitrogens is 10. The van der Waals surface area contributed by atoms with E-state index in [2.05, 4.69) is 51.2 Å². The van der Waals surface area contributed by atoms with Crippen LogP contribution in [-0.2, 0) is 0 Å². The Morgan fingerprint density at radius 1 is 0.722 bits per heavy atom. The number of nitrogens with zero attached hydrogens (tertiary/aromatic N) is 8. The van der Waals surface area contributed by atoms with Crippen LogP contribution in [0.25, 0.3) is 23.0 Å². The molecule has 0 unspecified atom stereocenters. The number of aryl methyl sites for hydroxylation is 2. The van der Waals surface area contributed by atoms with E-state index in [0.29, 0.717) is 23.0 Å². The fourth-order valence-electron chi connectivity index (χ4n) is 1.44. The molecule has 0 aromatic carbocycles. The van der Waals surface area contributed by atoms with Crippen LogP contribution in [0.1, 0.15) is 11.4 Å². The fraction of sp³-hybridized carbons (Fsp3) is 0.250. The normalized spacial score (nSPS) is 10.8. The second kappa shape index (κ2) is 3.91. The van der Waals surface area contributed by atoms with E-state index in [4.69, 9.17) is 0 Å². The Bertz CT molecular complexity index is 596. The molecule has 0 amide bonds. The van der Waals surface area contributed by atoms with Crippen molar-refractivity contribution in [3.05, 3.63) is 11.4 Å². The predicted octanol–water partition coefficient (Wildman–Crippen LogP) is -0.546. The van der Waals surface area contributed by atoms with Crippen molar-refractivity contribution in [1.29, 1.82) is 0 Å². The van der Waals surface area contributed by atoms with Gasteiger partial charge in [-0.15, -0.1) is 20.4 Å². The van der Waals surface area contributed by atoms with Gasteiger partial charge in [-0.05, 0) is 24.3 Å². The van der Waals surface area contributed by atoms with Gasteiger partial charge in [-0.25, -0.2) is 9.97 Å². The Balaban J connectivity index is 2.26. The lowest BCUT2D eigenvalue weighted by atomic mass is 10.2. The molecule has 3 rings (SSSR count). The summed E-state index contributed by atoms with van der Waals surface area (Å²) < 4.78 is 0. The average molecular weight is 244 g/mol. The lowest BCUT2D eigenvalue weighted by Crippen LogP contribution is -2.01. The third kappa shape index (κ3) is 1.59. The zero-order valence-electron chi connectivity index (χ0n) is 9.58. The highest BCUT2D eigenvalue weighted by Crippen LogP contribution is 2.23. The van der Waals surface area contributed by atoms with E-state index in [1.165, 1.54) is 0 Å². The molecule has 10 heteroatoms. The molecular weight excluding hydrogens is 236 g/mol. The number of nitrogens with one attached hydrogen (secondary N) is 2. The summed E-state index contributed by atoms with van der Waals surface area (Å²) >= 11 is 0. The van der Waals surface area contributed by atoms with Crippen LogP contribution in [0, 0.1) is 13.8 Å². The van der Waals surface area contributed by atoms with Gasteiger partial charge in [-0.1, -0.05) is 0 Å². The lowest BCUT2D eigenvalue weighted by molar-refractivity contribution is 0.881. The molecule has 0 aliphatic heterocycles. The van der Waals surface area contributed by atoms with Crippen LogP contribution in [0.4, 0.5) is 0 Å². The molecule has 0 saturated carbocycles. The van der Waals surface area contributed by atoms with E-state index in [0.717, 1.165) is 11.4 Å². The highest BCUT2D eigenvalue weighted by Gasteiger charge is 2.19. The minimum Gasteiger partial charge on any atom is -0.245 e. The summed E-state index contributed by atoms with van der Waals surface area (Å²) in [6.45, 7) is 3.71. The molecule has 0 aliphatic rings. The van der Waals surface area contributed by atoms with Gasteiger partial charge in [0, 0.05) is 0 Å². The first-order valence-electron chi connectivity index (χ1n) is 5.08. The number of H-pyrrole nitrogens is 2. The molecule has 90 valence electrons. The van der Waals surface area contributed by atoms with E-state index in [1.54, 1.807) is 0 Å². The maximum atomic E-state index is 4.40. The highest BCUT2D eigenvalue weighted by molar-refractivity contribution is 5.69. The third-order valence-corrected chi connectivity index (χ3v) is 2.42. The fourth-order valence-corrected chi connectivity index (χ4v) is 1.44. The van der Waals surface area contributed by atoms with Crippen LogP contribution in [0.3, 0.4) is 0 Å². The van der Waals surface area contributed by atoms with Crippen molar-refractivity contribution in [3.8, 4) is 23.0 Å². The molecule has 3 aromatic heterocycles. The van der Waals surface area contributed by atoms with Gasteiger partial charge in [0.05, 0.1) is 11.4 Å². The topological polar surface area (TPSA) is 135 Å². The maximum absolute atomic E-state index is 4.40. The van der Waals surface area contributed by atoms with Crippen molar-refractivity contribution in [1.82, 2.24) is 51.2 Å². The largest absolute Gasteiger partial charge is 0.245 e. The van der Waals surface area contributed by atoms with Crippen molar-refractivity contribution < 1.29 is 0 Å². The Morgan fingerprint density at radius 2 is 1.17 bits per heavy atom. The predicted molar refractivity (Wildman–Crippen MR) is 57.8 cm³/mol. The van der Waals surface area contributed by atoms with Gasteiger partial charge in [-0.3, -0.25) is 0 Å². The van der Waals surface area contributed by atoms with Crippen LogP contribution in [-0.4, -0.2) is 51.2 Å². The average Bonchev–Trinajstić information content (AvgIpc) is 3.02. The van der Waals surface area contributed by atoms with E-state index in [1.807, 2.05) is 13.8 Å². The van der Waals surface area contributed by atoms with Gasteiger partial charge < -0.3 is 0 Å². The van der Waals surface area contributed by atoms with Crippen LogP contribution < -0.4 is 0 Å². The van der Waals surface area contributed by atoms with E-state index < -0.39 is 0 Å². The number of hydrogen-bond donors (Lipinski definition) is 2. The van der Waals surface area contributed by atoms with Gasteiger partial charge in [0.1, 0.15) is 11.4 Å². The van der Waals surface area contributed by atoms with Crippen molar-refractivity contribution >= 4 is 0 Å². The summed E-state index contributed by atoms with van der Waals surface area (Å²) in [6.07, 6.45) is 0. The highest BCUT2D eigenvalue weighted by atomic mass is 15.5. The van der Waals surface area contributed by atoms with Crippen LogP contribution in [0.5, 0.6) is 0 Å². The van der Waals surface area contributed by atoms with Gasteiger partial charge in [-0.2, -0.15) is 10.4 Å². The van der Waals surface area contributed by atoms with Gasteiger partial charge in [0.25, 0.3) is 0 Å². The molecule has 18 heavy (non-hydrogen) atoms. The molecule has 2 N–H and O–H groups in total. The molecule has 0 aliphatic carbocycles. The minimum atomic E-state index is 0.338. The summed E-state index contributed by atoms with van der Waals surface area (Å²) in [5.74, 6) is 0.677. The van der Waals surface area contributed by atoms with Gasteiger partial charge in [0.2, 0.25) is 11.6 Å². The smallest absolute Gasteiger partial charge is 0.225 e. The van der Waals surface area contributed by atoms with Crippen LogP contribution in [0.15, 0.2) is 0 Å². The van der Waals surface area contributed by atoms with Crippen molar-refractivity contribution in [2.75, 3.05) is 0 Å². The lowest BCUT2D eigenvalue weighted by Gasteiger charge is -2.04. The Morgan fingerprint density at radius 3 is 1.50 bits per heavy atom. The zero-order valence-corrected chi connectivity index (χ0v) is 9.58. The monoisotopic (exact) mass is 244 g/mol. The van der Waals surface area contributed by atoms with E-state index in [-0.39, 0.29) is 0 Å². The van der Waals surface area contributed by atoms with E-state index in [9.17, 15) is 0 Å². The Kier molecular flexibility index (Phi) is 2.25. The first kappa shape index (κ1) is 10.4. The molecule has 3 aromatic rings. The standard InChI is InChI=1S/C8H8N10/c1-3-4(2)10-6(8-13-17-18-14-8)5(9-3)7-11-15-16-12-7/h1-2H3,(H,11,12,15,16)(H,13,14,17,18). The van der Waals surface area contributed by atoms with Gasteiger partial charge in [0.15, 0.2) is 0 Å². The van der Waals surface area contributed by atoms with Crippen molar-refractivity contribution in [2.24, 2.45) is 0 Å². The molecule has 0 atom stereocenters. The molecule has 0 fully saturated rings. The molecule has 0 bridgehead atoms. The summed E-state index contributed by atoms with van der Waals surface area (Å²) in [5.41, 5.74) is 2.49. The summed E-state index contributed by atoms with van der Waals surface area (Å²) in [5, 5.41) is 27.3. The number of hydrogen-bond acceptors (Lipinski definition) is 8. The van der Waals surface area contributed by atoms with Crippen molar-refractivity contribution in [3.63, 3.8) is 0 Å². The summed E-state index contributed by atoms with van der Waals surface area (Å²) in [7, 11) is 0. The van der Waals surface area contributed by atoms with Crippen LogP contribution in [0.2, 0.25) is 0 Å². The first-order valence-corrected chi connectivity index (χ1v) is 5.08. The SMILES string of the molecule is Cc1nc(-c2nn[nH]n2)c(-c2nn[nH]n2)nc1C. The zero-order chi connectivity index (χ0) is 12.5. The third-order valence-electron chi connectivity index (χ3n) is 2.42. The molecule has 3 heterocycles. The quantitative estimate of drug-likeness (QED) is 0.613. The number of rotatable bonds is 2. The molecule has 0 spiro atoms. The molecule has 0 radical (unpaired) electrons. The van der Waals surface area contributed by atoms with E-state index >= 15 is 0 Å². The summed E-state index contributed by atoms with van der Waals surface area (Å²) in [6, 6.07) is 0. The molecular formula is C8H8N10. The molecule has 0 saturated heterocycles. The molecule has 10 nitrogen and oxygen atoms in total. The maximum Gasteiger partial charge on any atom is 0.225 e. The van der Waals surface area contributed by atoms with Crippen molar-refractivity contribution in [2.45, 2.75) is 13.8 Å².